The minimum Gasteiger partial charge on any atom is -0.547 e. The number of aliphatic carboxylic acids is 4. The summed E-state index contributed by atoms with van der Waals surface area (Å²) in [6, 6.07) is 0. The van der Waals surface area contributed by atoms with Crippen molar-refractivity contribution in [2.24, 2.45) is 0 Å². The molecule has 0 aromatic heterocycles. The number of carboxylic acid groups (broad SMARTS) is 4. The molecule has 4 atom stereocenters. The summed E-state index contributed by atoms with van der Waals surface area (Å²) in [6.07, 6.45) is -5.37. The Morgan fingerprint density at radius 2 is 0.577 bits per heavy atom. The number of carbonyl (C=O) groups is 4. The Balaban J connectivity index is -0.0000000500. The summed E-state index contributed by atoms with van der Waals surface area (Å²) in [4.78, 5) is 37.4. The standard InChI is InChI=1S/4C3H6O3.H3N.Pt/c4*1-2(4)3(5)6;;/h4*2,4H,1H3,(H,5,6);1H3;/q;;;;;+4/p-4. The van der Waals surface area contributed by atoms with E-state index in [0.717, 1.165) is 27.7 Å². The van der Waals surface area contributed by atoms with E-state index < -0.39 is 48.3 Å². The van der Waals surface area contributed by atoms with Gasteiger partial charge in [0.2, 0.25) is 0 Å². The molecule has 26 heavy (non-hydrogen) atoms. The van der Waals surface area contributed by atoms with Crippen molar-refractivity contribution in [3.8, 4) is 0 Å². The maximum absolute atomic E-state index is 9.34. The Morgan fingerprint density at radius 1 is 0.538 bits per heavy atom. The van der Waals surface area contributed by atoms with E-state index in [9.17, 15) is 39.6 Å². The molecule has 4 unspecified atom stereocenters. The third kappa shape index (κ3) is 49.5. The van der Waals surface area contributed by atoms with Crippen LogP contribution in [0.1, 0.15) is 27.7 Å². The number of carbonyl (C=O) groups excluding carboxylic acids is 4. The van der Waals surface area contributed by atoms with Crippen molar-refractivity contribution >= 4 is 23.9 Å². The fourth-order valence-electron chi connectivity index (χ4n) is 0. The fraction of sp³-hybridized carbons (Fsp3) is 0.667. The average molecular weight is 568 g/mol. The third-order valence-electron chi connectivity index (χ3n) is 1.36. The van der Waals surface area contributed by atoms with Crippen molar-refractivity contribution in [1.82, 2.24) is 6.15 Å². The maximum Gasteiger partial charge on any atom is 4.00 e. The molecule has 0 heterocycles. The predicted molar refractivity (Wildman–Crippen MR) is 71.8 cm³/mol. The molecule has 0 fully saturated rings. The van der Waals surface area contributed by atoms with E-state index in [2.05, 4.69) is 0 Å². The molecule has 0 spiro atoms. The number of hydrogen-bond acceptors (Lipinski definition) is 13. The summed E-state index contributed by atoms with van der Waals surface area (Å²) in [6.45, 7) is 4.54. The molecule has 0 aliphatic rings. The number of rotatable bonds is 4. The van der Waals surface area contributed by atoms with E-state index in [-0.39, 0.29) is 27.2 Å². The van der Waals surface area contributed by atoms with Crippen molar-refractivity contribution in [2.75, 3.05) is 0 Å². The van der Waals surface area contributed by atoms with Crippen molar-refractivity contribution in [3.63, 3.8) is 0 Å². The molecule has 13 nitrogen and oxygen atoms in total. The first kappa shape index (κ1) is 39.4. The molecule has 0 saturated carbocycles. The smallest absolute Gasteiger partial charge is 0.547 e. The van der Waals surface area contributed by atoms with Crippen LogP contribution in [0.2, 0.25) is 0 Å². The number of carboxylic acids is 4. The zero-order chi connectivity index (χ0) is 20.6. The number of hydrogen-bond donors (Lipinski definition) is 5. The normalized spacial score (nSPS) is 12.6. The van der Waals surface area contributed by atoms with Crippen LogP contribution in [0.25, 0.3) is 0 Å². The van der Waals surface area contributed by atoms with Gasteiger partial charge in [-0.2, -0.15) is 0 Å². The molecule has 0 rings (SSSR count). The van der Waals surface area contributed by atoms with Gasteiger partial charge in [-0.25, -0.2) is 0 Å². The molecular weight excluding hydrogens is 545 g/mol. The Labute approximate surface area is 163 Å². The van der Waals surface area contributed by atoms with E-state index in [1.54, 1.807) is 0 Å². The van der Waals surface area contributed by atoms with Crippen LogP contribution >= 0.6 is 0 Å². The van der Waals surface area contributed by atoms with Crippen molar-refractivity contribution in [1.29, 1.82) is 0 Å². The van der Waals surface area contributed by atoms with Gasteiger partial charge in [0.1, 0.15) is 0 Å². The van der Waals surface area contributed by atoms with Gasteiger partial charge in [-0.05, 0) is 27.7 Å². The second-order valence-electron chi connectivity index (χ2n) is 3.98. The monoisotopic (exact) mass is 568 g/mol. The molecule has 0 aliphatic heterocycles. The first-order valence-electron chi connectivity index (χ1n) is 6.13. The Bertz CT molecular complexity index is 312. The van der Waals surface area contributed by atoms with Crippen LogP contribution in [0.3, 0.4) is 0 Å². The predicted octanol–water partition coefficient (Wildman–Crippen LogP) is -7.37. The van der Waals surface area contributed by atoms with Crippen LogP contribution in [0.5, 0.6) is 0 Å². The minimum absolute atomic E-state index is 0. The van der Waals surface area contributed by atoms with Crippen LogP contribution in [0, 0.1) is 0 Å². The molecular formula is C12H23NO12Pt. The van der Waals surface area contributed by atoms with Crippen LogP contribution in [0.4, 0.5) is 0 Å². The quantitative estimate of drug-likeness (QED) is 0.211. The average Bonchev–Trinajstić information content (AvgIpc) is 2.40. The van der Waals surface area contributed by atoms with Gasteiger partial charge in [-0.1, -0.05) is 0 Å². The van der Waals surface area contributed by atoms with Crippen molar-refractivity contribution in [2.45, 2.75) is 52.1 Å². The van der Waals surface area contributed by atoms with Gasteiger partial charge < -0.3 is 66.2 Å². The SMILES string of the molecule is CC(O)C(=O)[O-].CC(O)C(=O)[O-].CC(O)C(=O)[O-].CC(O)C(=O)[O-].N.[Pt+4]. The van der Waals surface area contributed by atoms with E-state index in [1.807, 2.05) is 0 Å². The van der Waals surface area contributed by atoms with E-state index in [4.69, 9.17) is 20.4 Å². The fourth-order valence-corrected chi connectivity index (χ4v) is 0. The Kier molecular flexibility index (Phi) is 35.4. The summed E-state index contributed by atoms with van der Waals surface area (Å²) in [5, 5.41) is 69.2. The molecule has 158 valence electrons. The second kappa shape index (κ2) is 23.4. The minimum atomic E-state index is -1.44. The second-order valence-corrected chi connectivity index (χ2v) is 3.98. The van der Waals surface area contributed by atoms with E-state index in [1.165, 1.54) is 0 Å². The summed E-state index contributed by atoms with van der Waals surface area (Å²) in [5.41, 5.74) is 0. The molecule has 0 amide bonds. The van der Waals surface area contributed by atoms with Crippen LogP contribution in [-0.4, -0.2) is 68.7 Å². The van der Waals surface area contributed by atoms with Gasteiger partial charge >= 0.3 is 21.1 Å². The molecule has 0 saturated heterocycles. The third-order valence-corrected chi connectivity index (χ3v) is 1.36. The summed E-state index contributed by atoms with van der Waals surface area (Å²) < 4.78 is 0. The van der Waals surface area contributed by atoms with Gasteiger partial charge in [0.25, 0.3) is 0 Å². The van der Waals surface area contributed by atoms with Gasteiger partial charge in [-0.15, -0.1) is 0 Å². The summed E-state index contributed by atoms with van der Waals surface area (Å²) >= 11 is 0. The topological polar surface area (TPSA) is 276 Å². The molecule has 0 aromatic carbocycles. The Hall–Kier alpha value is -1.63. The van der Waals surface area contributed by atoms with Crippen LogP contribution in [-0.2, 0) is 40.2 Å². The summed E-state index contributed by atoms with van der Waals surface area (Å²) in [7, 11) is 0. The van der Waals surface area contributed by atoms with Crippen LogP contribution < -0.4 is 26.6 Å². The first-order chi connectivity index (χ1) is 10.6. The first-order valence-corrected chi connectivity index (χ1v) is 6.13. The van der Waals surface area contributed by atoms with Gasteiger partial charge in [0.15, 0.2) is 0 Å². The van der Waals surface area contributed by atoms with Crippen molar-refractivity contribution < 1.29 is 81.1 Å². The van der Waals surface area contributed by atoms with Gasteiger partial charge in [0.05, 0.1) is 48.3 Å². The molecule has 14 heteroatoms. The Morgan fingerprint density at radius 3 is 0.577 bits per heavy atom. The van der Waals surface area contributed by atoms with E-state index >= 15 is 0 Å². The largest absolute Gasteiger partial charge is 4.00 e. The zero-order valence-corrected chi connectivity index (χ0v) is 16.7. The molecule has 0 radical (unpaired) electrons. The van der Waals surface area contributed by atoms with Crippen LogP contribution in [0.15, 0.2) is 0 Å². The maximum atomic E-state index is 9.34. The molecule has 7 N–H and O–H groups in total. The summed E-state index contributed by atoms with van der Waals surface area (Å²) in [5.74, 6) is -5.74. The van der Waals surface area contributed by atoms with Gasteiger partial charge in [0, 0.05) is 0 Å². The van der Waals surface area contributed by atoms with Gasteiger partial charge in [-0.3, -0.25) is 0 Å². The number of aliphatic hydroxyl groups excluding tert-OH is 4. The number of aliphatic hydroxyl groups is 4. The van der Waals surface area contributed by atoms with E-state index in [0.29, 0.717) is 0 Å². The molecule has 0 bridgehead atoms. The molecule has 0 aliphatic carbocycles. The zero-order valence-electron chi connectivity index (χ0n) is 14.4. The van der Waals surface area contributed by atoms with Crippen molar-refractivity contribution in [3.05, 3.63) is 0 Å². The molecule has 0 aromatic rings.